The summed E-state index contributed by atoms with van der Waals surface area (Å²) in [5.41, 5.74) is 5.25. The third kappa shape index (κ3) is 4.93. The summed E-state index contributed by atoms with van der Waals surface area (Å²) in [6.45, 7) is 1.74. The van der Waals surface area contributed by atoms with Crippen LogP contribution in [0.1, 0.15) is 33.9 Å². The van der Waals surface area contributed by atoms with Crippen LogP contribution in [0, 0.1) is 0 Å². The Morgan fingerprint density at radius 1 is 1.21 bits per heavy atom. The van der Waals surface area contributed by atoms with Crippen LogP contribution in [-0.2, 0) is 6.18 Å². The summed E-state index contributed by atoms with van der Waals surface area (Å²) in [6.07, 6.45) is -1.70. The van der Waals surface area contributed by atoms with Crippen molar-refractivity contribution in [2.24, 2.45) is 0 Å². The normalized spacial score (nSPS) is 12.4. The van der Waals surface area contributed by atoms with E-state index in [4.69, 9.17) is 17.3 Å². The molecular formula is C17H14ClF3N6OS. The molecular weight excluding hydrogens is 429 g/mol. The van der Waals surface area contributed by atoms with Crippen LogP contribution in [0.15, 0.2) is 36.8 Å². The largest absolute Gasteiger partial charge is 0.416 e. The summed E-state index contributed by atoms with van der Waals surface area (Å²) in [7, 11) is 0. The van der Waals surface area contributed by atoms with E-state index in [1.165, 1.54) is 23.5 Å². The second-order valence-corrected chi connectivity index (χ2v) is 7.32. The first kappa shape index (κ1) is 20.8. The quantitative estimate of drug-likeness (QED) is 0.540. The number of thiazole rings is 1. The topological polar surface area (TPSA) is 106 Å². The van der Waals surface area contributed by atoms with E-state index in [-0.39, 0.29) is 16.5 Å². The second kappa shape index (κ2) is 8.21. The number of carbonyl (C=O) groups is 1. The van der Waals surface area contributed by atoms with Gasteiger partial charge in [-0.1, -0.05) is 22.9 Å². The number of amides is 1. The van der Waals surface area contributed by atoms with Crippen LogP contribution in [0.2, 0.25) is 5.02 Å². The Morgan fingerprint density at radius 2 is 1.90 bits per heavy atom. The lowest BCUT2D eigenvalue weighted by atomic mass is 10.2. The minimum absolute atomic E-state index is 0.000267. The van der Waals surface area contributed by atoms with Crippen LogP contribution in [-0.4, -0.2) is 20.9 Å². The highest BCUT2D eigenvalue weighted by Crippen LogP contribution is 2.31. The summed E-state index contributed by atoms with van der Waals surface area (Å²) < 4.78 is 37.9. The molecule has 0 saturated heterocycles. The zero-order valence-electron chi connectivity index (χ0n) is 14.8. The van der Waals surface area contributed by atoms with Gasteiger partial charge in [0.05, 0.1) is 11.6 Å². The van der Waals surface area contributed by atoms with E-state index < -0.39 is 23.7 Å². The van der Waals surface area contributed by atoms with Gasteiger partial charge in [0.15, 0.2) is 10.8 Å². The Balaban J connectivity index is 1.66. The lowest BCUT2D eigenvalue weighted by molar-refractivity contribution is -0.137. The molecule has 1 aromatic carbocycles. The number of alkyl halides is 3. The molecule has 29 heavy (non-hydrogen) atoms. The highest BCUT2D eigenvalue weighted by Gasteiger charge is 2.30. The number of nitrogens with one attached hydrogen (secondary N) is 2. The van der Waals surface area contributed by atoms with Crippen LogP contribution in [0.5, 0.6) is 0 Å². The summed E-state index contributed by atoms with van der Waals surface area (Å²) in [5.74, 6) is -0.525. The average Bonchev–Trinajstić information content (AvgIpc) is 3.12. The van der Waals surface area contributed by atoms with Gasteiger partial charge in [-0.05, 0) is 31.2 Å². The third-order valence-electron chi connectivity index (χ3n) is 3.79. The molecule has 2 heterocycles. The minimum Gasteiger partial charge on any atom is -0.382 e. The molecule has 0 radical (unpaired) electrons. The molecule has 3 aromatic rings. The van der Waals surface area contributed by atoms with Crippen molar-refractivity contribution in [2.75, 3.05) is 11.1 Å². The number of hydrogen-bond acceptors (Lipinski definition) is 7. The van der Waals surface area contributed by atoms with Crippen LogP contribution in [0.4, 0.5) is 29.8 Å². The fourth-order valence-electron chi connectivity index (χ4n) is 2.29. The highest BCUT2D eigenvalue weighted by molar-refractivity contribution is 7.15. The van der Waals surface area contributed by atoms with E-state index in [1.807, 2.05) is 0 Å². The second-order valence-electron chi connectivity index (χ2n) is 5.88. The van der Waals surface area contributed by atoms with Gasteiger partial charge in [0.2, 0.25) is 0 Å². The van der Waals surface area contributed by atoms with Gasteiger partial charge in [-0.3, -0.25) is 4.79 Å². The number of carbonyl (C=O) groups excluding carboxylic acids is 1. The van der Waals surface area contributed by atoms with Crippen molar-refractivity contribution in [3.05, 3.63) is 57.9 Å². The lowest BCUT2D eigenvalue weighted by Crippen LogP contribution is -2.27. The van der Waals surface area contributed by atoms with Crippen molar-refractivity contribution in [2.45, 2.75) is 19.1 Å². The molecule has 0 saturated carbocycles. The minimum atomic E-state index is -4.39. The van der Waals surface area contributed by atoms with E-state index in [0.29, 0.717) is 15.7 Å². The Labute approximate surface area is 172 Å². The van der Waals surface area contributed by atoms with Crippen molar-refractivity contribution < 1.29 is 18.0 Å². The van der Waals surface area contributed by atoms with Crippen molar-refractivity contribution in [1.29, 1.82) is 0 Å². The van der Waals surface area contributed by atoms with Crippen LogP contribution in [0.3, 0.4) is 0 Å². The predicted octanol–water partition coefficient (Wildman–Crippen LogP) is 4.42. The maximum atomic E-state index is 12.6. The molecule has 12 heteroatoms. The molecule has 0 fully saturated rings. The van der Waals surface area contributed by atoms with Crippen molar-refractivity contribution >= 4 is 45.5 Å². The number of rotatable bonds is 5. The van der Waals surface area contributed by atoms with Gasteiger partial charge < -0.3 is 16.4 Å². The maximum Gasteiger partial charge on any atom is 0.416 e. The number of benzene rings is 1. The predicted molar refractivity (Wildman–Crippen MR) is 104 cm³/mol. The summed E-state index contributed by atoms with van der Waals surface area (Å²) in [6, 6.07) is 4.18. The molecule has 1 unspecified atom stereocenters. The maximum absolute atomic E-state index is 12.6. The number of nitrogens with zero attached hydrogens (tertiary/aromatic N) is 3. The monoisotopic (exact) mass is 442 g/mol. The Bertz CT molecular complexity index is 1020. The Morgan fingerprint density at radius 3 is 2.55 bits per heavy atom. The first-order valence-corrected chi connectivity index (χ1v) is 9.31. The SMILES string of the molecule is CC(NC(=O)c1ncnc(N)c1Cl)c1cnc(Nc2ccc(C(F)(F)F)cc2)s1. The van der Waals surface area contributed by atoms with E-state index in [0.717, 1.165) is 18.5 Å². The van der Waals surface area contributed by atoms with E-state index >= 15 is 0 Å². The van der Waals surface area contributed by atoms with Crippen molar-refractivity contribution in [3.8, 4) is 0 Å². The number of aromatic nitrogens is 3. The third-order valence-corrected chi connectivity index (χ3v) is 5.26. The molecule has 7 nitrogen and oxygen atoms in total. The van der Waals surface area contributed by atoms with Crippen molar-refractivity contribution in [3.63, 3.8) is 0 Å². The van der Waals surface area contributed by atoms with Gasteiger partial charge in [0.1, 0.15) is 17.2 Å². The Kier molecular flexibility index (Phi) is 5.89. The zero-order chi connectivity index (χ0) is 21.2. The molecule has 1 atom stereocenters. The number of halogens is 4. The highest BCUT2D eigenvalue weighted by atomic mass is 35.5. The molecule has 152 valence electrons. The van der Waals surface area contributed by atoms with E-state index in [1.54, 1.807) is 13.1 Å². The van der Waals surface area contributed by atoms with Crippen LogP contribution in [0.25, 0.3) is 0 Å². The summed E-state index contributed by atoms with van der Waals surface area (Å²) in [5, 5.41) is 6.09. The standard InChI is InChI=1S/C17H14ClF3N6OS/c1-8(26-15(28)13-12(18)14(22)25-7-24-13)11-6-23-16(29-11)27-10-4-2-9(3-5-10)17(19,20)21/h2-8H,1H3,(H,23,27)(H,26,28)(H2,22,24,25). The fourth-order valence-corrected chi connectivity index (χ4v) is 3.31. The number of hydrogen-bond donors (Lipinski definition) is 3. The molecule has 3 rings (SSSR count). The van der Waals surface area contributed by atoms with Gasteiger partial charge in [0, 0.05) is 16.8 Å². The number of nitrogen functional groups attached to an aromatic ring is 1. The van der Waals surface area contributed by atoms with Gasteiger partial charge in [0.25, 0.3) is 5.91 Å². The van der Waals surface area contributed by atoms with Gasteiger partial charge in [-0.25, -0.2) is 15.0 Å². The van der Waals surface area contributed by atoms with Gasteiger partial charge in [-0.15, -0.1) is 0 Å². The first-order valence-electron chi connectivity index (χ1n) is 8.12. The zero-order valence-corrected chi connectivity index (χ0v) is 16.4. The molecule has 0 aliphatic heterocycles. The summed E-state index contributed by atoms with van der Waals surface area (Å²) in [4.78, 5) is 24.8. The van der Waals surface area contributed by atoms with Crippen molar-refractivity contribution in [1.82, 2.24) is 20.3 Å². The molecule has 0 aliphatic carbocycles. The molecule has 0 spiro atoms. The Hall–Kier alpha value is -2.92. The molecule has 0 bridgehead atoms. The fraction of sp³-hybridized carbons (Fsp3) is 0.176. The molecule has 1 amide bonds. The molecule has 2 aromatic heterocycles. The average molecular weight is 443 g/mol. The van der Waals surface area contributed by atoms with Gasteiger partial charge in [-0.2, -0.15) is 13.2 Å². The number of nitrogens with two attached hydrogens (primary N) is 1. The van der Waals surface area contributed by atoms with Crippen LogP contribution >= 0.6 is 22.9 Å². The summed E-state index contributed by atoms with van der Waals surface area (Å²) >= 11 is 7.19. The lowest BCUT2D eigenvalue weighted by Gasteiger charge is -2.12. The van der Waals surface area contributed by atoms with Crippen LogP contribution < -0.4 is 16.4 Å². The van der Waals surface area contributed by atoms with Gasteiger partial charge >= 0.3 is 6.18 Å². The number of anilines is 3. The molecule has 4 N–H and O–H groups in total. The van der Waals surface area contributed by atoms with E-state index in [9.17, 15) is 18.0 Å². The smallest absolute Gasteiger partial charge is 0.382 e. The molecule has 0 aliphatic rings. The van der Waals surface area contributed by atoms with E-state index in [2.05, 4.69) is 25.6 Å². The first-order chi connectivity index (χ1) is 13.6.